The predicted molar refractivity (Wildman–Crippen MR) is 70.4 cm³/mol. The van der Waals surface area contributed by atoms with Gasteiger partial charge in [-0.25, -0.2) is 0 Å². The highest BCUT2D eigenvalue weighted by atomic mass is 79.9. The number of carbonyl (C=O) groups excluding carboxylic acids is 1. The molecule has 1 atom stereocenters. The van der Waals surface area contributed by atoms with E-state index >= 15 is 0 Å². The van der Waals surface area contributed by atoms with Gasteiger partial charge in [-0.1, -0.05) is 13.8 Å². The quantitative estimate of drug-likeness (QED) is 0.689. The molecule has 0 spiro atoms. The second kappa shape index (κ2) is 4.35. The van der Waals surface area contributed by atoms with Crippen LogP contribution in [0.1, 0.15) is 30.6 Å². The number of halogens is 1. The van der Waals surface area contributed by atoms with Crippen molar-refractivity contribution in [2.75, 3.05) is 0 Å². The number of hydrogen-bond acceptors (Lipinski definition) is 3. The highest BCUT2D eigenvalue weighted by Crippen LogP contribution is 2.44. The van der Waals surface area contributed by atoms with E-state index in [1.165, 1.54) is 12.1 Å². The topological polar surface area (TPSA) is 72.2 Å². The van der Waals surface area contributed by atoms with Gasteiger partial charge in [0.1, 0.15) is 0 Å². The van der Waals surface area contributed by atoms with E-state index in [1.54, 1.807) is 6.07 Å². The molecule has 1 saturated carbocycles. The Hall–Kier alpha value is -1.43. The Balaban J connectivity index is 2.16. The molecule has 1 unspecified atom stereocenters. The van der Waals surface area contributed by atoms with Crippen LogP contribution in [0.5, 0.6) is 0 Å². The van der Waals surface area contributed by atoms with Gasteiger partial charge in [-0.3, -0.25) is 14.9 Å². The number of amides is 1. The lowest BCUT2D eigenvalue weighted by atomic mass is 10.1. The first-order chi connectivity index (χ1) is 8.31. The lowest BCUT2D eigenvalue weighted by Crippen LogP contribution is -2.28. The summed E-state index contributed by atoms with van der Waals surface area (Å²) in [5, 5.41) is 13.6. The number of nitrogens with one attached hydrogen (secondary N) is 1. The lowest BCUT2D eigenvalue weighted by molar-refractivity contribution is -0.385. The Morgan fingerprint density at radius 2 is 2.17 bits per heavy atom. The van der Waals surface area contributed by atoms with Crippen molar-refractivity contribution in [3.05, 3.63) is 38.3 Å². The van der Waals surface area contributed by atoms with Crippen LogP contribution in [-0.2, 0) is 0 Å². The summed E-state index contributed by atoms with van der Waals surface area (Å²) in [7, 11) is 0. The molecule has 0 radical (unpaired) electrons. The molecular weight excluding hydrogens is 300 g/mol. The largest absolute Gasteiger partial charge is 0.349 e. The average Bonchev–Trinajstić information content (AvgIpc) is 2.85. The molecule has 1 amide bonds. The minimum atomic E-state index is -0.512. The molecule has 0 saturated heterocycles. The molecule has 1 aromatic rings. The maximum atomic E-state index is 11.9. The summed E-state index contributed by atoms with van der Waals surface area (Å²) < 4.78 is 0.371. The van der Waals surface area contributed by atoms with Crippen LogP contribution in [-0.4, -0.2) is 16.9 Å². The summed E-state index contributed by atoms with van der Waals surface area (Å²) >= 11 is 3.09. The smallest absolute Gasteiger partial charge is 0.284 e. The Bertz CT molecular complexity index is 528. The summed E-state index contributed by atoms with van der Waals surface area (Å²) in [6.07, 6.45) is 0.942. The van der Waals surface area contributed by atoms with E-state index < -0.39 is 4.92 Å². The van der Waals surface area contributed by atoms with E-state index in [2.05, 4.69) is 35.1 Å². The van der Waals surface area contributed by atoms with E-state index in [9.17, 15) is 14.9 Å². The molecule has 2 rings (SSSR count). The molecule has 1 aliphatic rings. The van der Waals surface area contributed by atoms with Gasteiger partial charge in [0.15, 0.2) is 0 Å². The molecule has 0 heterocycles. The Labute approximate surface area is 113 Å². The van der Waals surface area contributed by atoms with E-state index in [0.717, 1.165) is 6.42 Å². The molecule has 6 heteroatoms. The molecule has 0 aliphatic heterocycles. The zero-order valence-electron chi connectivity index (χ0n) is 10.1. The van der Waals surface area contributed by atoms with E-state index in [4.69, 9.17) is 0 Å². The minimum absolute atomic E-state index is 0.0993. The van der Waals surface area contributed by atoms with Gasteiger partial charge in [0.05, 0.1) is 9.40 Å². The van der Waals surface area contributed by atoms with Gasteiger partial charge in [0, 0.05) is 17.7 Å². The second-order valence-corrected chi connectivity index (χ2v) is 6.00. The Kier molecular flexibility index (Phi) is 3.14. The fraction of sp³-hybridized carbons (Fsp3) is 0.417. The van der Waals surface area contributed by atoms with Crippen LogP contribution in [0.4, 0.5) is 5.69 Å². The maximum absolute atomic E-state index is 11.9. The van der Waals surface area contributed by atoms with Crippen LogP contribution in [0.15, 0.2) is 22.7 Å². The lowest BCUT2D eigenvalue weighted by Gasteiger charge is -2.07. The summed E-state index contributed by atoms with van der Waals surface area (Å²) in [6.45, 7) is 4.14. The van der Waals surface area contributed by atoms with Crippen molar-refractivity contribution in [2.45, 2.75) is 26.3 Å². The zero-order valence-corrected chi connectivity index (χ0v) is 11.7. The molecule has 18 heavy (non-hydrogen) atoms. The van der Waals surface area contributed by atoms with E-state index in [0.29, 0.717) is 10.0 Å². The summed E-state index contributed by atoms with van der Waals surface area (Å²) in [5.74, 6) is -0.263. The highest BCUT2D eigenvalue weighted by molar-refractivity contribution is 9.10. The number of rotatable bonds is 3. The fourth-order valence-corrected chi connectivity index (χ4v) is 2.14. The molecular formula is C12H13BrN2O3. The van der Waals surface area contributed by atoms with Crippen molar-refractivity contribution < 1.29 is 9.72 Å². The number of nitro benzene ring substituents is 1. The van der Waals surface area contributed by atoms with E-state index in [1.807, 2.05) is 0 Å². The van der Waals surface area contributed by atoms with Gasteiger partial charge in [0.25, 0.3) is 11.6 Å². The SMILES string of the molecule is CC1(C)CC1NC(=O)c1ccc(Br)c([N+](=O)[O-])c1. The van der Waals surface area contributed by atoms with Crippen molar-refractivity contribution in [1.82, 2.24) is 5.32 Å². The summed E-state index contributed by atoms with van der Waals surface area (Å²) in [6, 6.07) is 4.54. The van der Waals surface area contributed by atoms with Crippen LogP contribution < -0.4 is 5.32 Å². The predicted octanol–water partition coefficient (Wildman–Crippen LogP) is 2.89. The molecule has 0 aromatic heterocycles. The van der Waals surface area contributed by atoms with Gasteiger partial charge < -0.3 is 5.32 Å². The minimum Gasteiger partial charge on any atom is -0.349 e. The number of nitrogens with zero attached hydrogens (tertiary/aromatic N) is 1. The molecule has 1 fully saturated rings. The third-order valence-electron chi connectivity index (χ3n) is 3.22. The maximum Gasteiger partial charge on any atom is 0.284 e. The van der Waals surface area contributed by atoms with Gasteiger partial charge >= 0.3 is 0 Å². The zero-order chi connectivity index (χ0) is 13.5. The summed E-state index contributed by atoms with van der Waals surface area (Å²) in [5.41, 5.74) is 0.349. The third kappa shape index (κ3) is 2.53. The summed E-state index contributed by atoms with van der Waals surface area (Å²) in [4.78, 5) is 22.2. The average molecular weight is 313 g/mol. The van der Waals surface area contributed by atoms with Crippen LogP contribution in [0.2, 0.25) is 0 Å². The van der Waals surface area contributed by atoms with Gasteiger partial charge in [-0.2, -0.15) is 0 Å². The molecule has 1 aromatic carbocycles. The van der Waals surface area contributed by atoms with Crippen LogP contribution in [0, 0.1) is 15.5 Å². The van der Waals surface area contributed by atoms with Crippen molar-refractivity contribution in [1.29, 1.82) is 0 Å². The molecule has 1 aliphatic carbocycles. The number of benzene rings is 1. The van der Waals surface area contributed by atoms with Crippen LogP contribution in [0.25, 0.3) is 0 Å². The van der Waals surface area contributed by atoms with E-state index in [-0.39, 0.29) is 23.1 Å². The Morgan fingerprint density at radius 3 is 2.67 bits per heavy atom. The van der Waals surface area contributed by atoms with Gasteiger partial charge in [-0.15, -0.1) is 0 Å². The first kappa shape index (κ1) is 13.0. The number of carbonyl (C=O) groups is 1. The van der Waals surface area contributed by atoms with Crippen LogP contribution in [0.3, 0.4) is 0 Å². The van der Waals surface area contributed by atoms with Crippen molar-refractivity contribution in [3.63, 3.8) is 0 Å². The molecule has 5 nitrogen and oxygen atoms in total. The fourth-order valence-electron chi connectivity index (χ4n) is 1.75. The van der Waals surface area contributed by atoms with Crippen LogP contribution >= 0.6 is 15.9 Å². The number of nitro groups is 1. The second-order valence-electron chi connectivity index (χ2n) is 5.14. The van der Waals surface area contributed by atoms with Gasteiger partial charge in [-0.05, 0) is 39.9 Å². The first-order valence-electron chi connectivity index (χ1n) is 5.56. The normalized spacial score (nSPS) is 20.3. The Morgan fingerprint density at radius 1 is 1.56 bits per heavy atom. The van der Waals surface area contributed by atoms with Gasteiger partial charge in [0.2, 0.25) is 0 Å². The highest BCUT2D eigenvalue weighted by Gasteiger charge is 2.46. The monoisotopic (exact) mass is 312 g/mol. The van der Waals surface area contributed by atoms with Crippen molar-refractivity contribution >= 4 is 27.5 Å². The van der Waals surface area contributed by atoms with Crippen molar-refractivity contribution in [2.24, 2.45) is 5.41 Å². The molecule has 0 bridgehead atoms. The third-order valence-corrected chi connectivity index (χ3v) is 3.89. The van der Waals surface area contributed by atoms with Crippen molar-refractivity contribution in [3.8, 4) is 0 Å². The first-order valence-corrected chi connectivity index (χ1v) is 6.35. The molecule has 96 valence electrons. The standard InChI is InChI=1S/C12H13BrN2O3/c1-12(2)6-10(12)14-11(16)7-3-4-8(13)9(5-7)15(17)18/h3-5,10H,6H2,1-2H3,(H,14,16). The molecule has 1 N–H and O–H groups in total. The number of hydrogen-bond donors (Lipinski definition) is 1.